The molecule has 0 aliphatic carbocycles. The highest BCUT2D eigenvalue weighted by atomic mass is 32.2. The van der Waals surface area contributed by atoms with Crippen molar-refractivity contribution in [3.05, 3.63) is 36.4 Å². The normalized spacial score (nSPS) is 14.4. The first-order valence-corrected chi connectivity index (χ1v) is 18.5. The van der Waals surface area contributed by atoms with E-state index < -0.39 is 88.6 Å². The predicted octanol–water partition coefficient (Wildman–Crippen LogP) is 0.105. The summed E-state index contributed by atoms with van der Waals surface area (Å²) in [6.07, 6.45) is -0.130. The van der Waals surface area contributed by atoms with Gasteiger partial charge in [-0.3, -0.25) is 24.0 Å². The molecule has 0 saturated heterocycles. The maximum absolute atomic E-state index is 13.4. The largest absolute Gasteiger partial charge is 0.480 e. The molecule has 0 heterocycles. The van der Waals surface area contributed by atoms with E-state index in [1.54, 1.807) is 52.0 Å². The van der Waals surface area contributed by atoms with Gasteiger partial charge < -0.3 is 37.0 Å². The Bertz CT molecular complexity index is 1700. The lowest BCUT2D eigenvalue weighted by Crippen LogP contribution is -2.60. The van der Waals surface area contributed by atoms with Crippen molar-refractivity contribution in [3.8, 4) is 0 Å². The molecule has 0 radical (unpaired) electrons. The summed E-state index contributed by atoms with van der Waals surface area (Å²) in [6.45, 7) is 6.25. The number of nitrogens with zero attached hydrogens (tertiary/aromatic N) is 1. The molecule has 16 nitrogen and oxygen atoms in total. The number of primary amides is 1. The molecule has 0 aromatic heterocycles. The average Bonchev–Trinajstić information content (AvgIpc) is 3.06. The minimum absolute atomic E-state index is 0.0527. The SMILES string of the molecule is CC[C@H](C)[C@H](NC(=O)[C@H](CC(N)=O)NC(=O)[C@H](CS)NC(=O)CNS(=O)(=O)c1cccc2c(N(C)C)cccc12)C(=O)N[C@@H](CC(C)C)C(=O)O. The summed E-state index contributed by atoms with van der Waals surface area (Å²) in [5.74, 6) is -6.58. The van der Waals surface area contributed by atoms with Crippen LogP contribution in [0.5, 0.6) is 0 Å². The molecule has 5 amide bonds. The zero-order valence-corrected chi connectivity index (χ0v) is 31.3. The molecule has 5 atom stereocenters. The van der Waals surface area contributed by atoms with Crippen molar-refractivity contribution in [2.75, 3.05) is 31.3 Å². The Morgan fingerprint density at radius 3 is 1.98 bits per heavy atom. The molecule has 0 unspecified atom stereocenters. The molecule has 0 aliphatic heterocycles. The third kappa shape index (κ3) is 12.4. The summed E-state index contributed by atoms with van der Waals surface area (Å²) in [6, 6.07) is 4.56. The van der Waals surface area contributed by atoms with Crippen molar-refractivity contribution >= 4 is 74.6 Å². The van der Waals surface area contributed by atoms with Gasteiger partial charge in [-0.25, -0.2) is 17.9 Å². The Kier molecular flexibility index (Phi) is 16.1. The fourth-order valence-electron chi connectivity index (χ4n) is 5.16. The van der Waals surface area contributed by atoms with Crippen molar-refractivity contribution in [1.29, 1.82) is 0 Å². The summed E-state index contributed by atoms with van der Waals surface area (Å²) in [5, 5.41) is 20.3. The van der Waals surface area contributed by atoms with Crippen molar-refractivity contribution in [3.63, 3.8) is 0 Å². The maximum atomic E-state index is 13.4. The Morgan fingerprint density at radius 2 is 1.43 bits per heavy atom. The number of nitrogens with two attached hydrogens (primary N) is 1. The highest BCUT2D eigenvalue weighted by molar-refractivity contribution is 7.89. The van der Waals surface area contributed by atoms with Crippen LogP contribution in [0.3, 0.4) is 0 Å². The summed E-state index contributed by atoms with van der Waals surface area (Å²) in [5.41, 5.74) is 6.13. The third-order valence-electron chi connectivity index (χ3n) is 8.04. The number of anilines is 1. The number of thiol groups is 1. The monoisotopic (exact) mass is 751 g/mol. The fraction of sp³-hybridized carbons (Fsp3) is 0.515. The molecule has 0 spiro atoms. The molecule has 0 fully saturated rings. The van der Waals surface area contributed by atoms with Gasteiger partial charge in [0.05, 0.1) is 17.9 Å². The smallest absolute Gasteiger partial charge is 0.326 e. The zero-order chi connectivity index (χ0) is 38.6. The number of aliphatic carboxylic acids is 1. The van der Waals surface area contributed by atoms with E-state index in [1.807, 2.05) is 25.1 Å². The lowest BCUT2D eigenvalue weighted by atomic mass is 9.96. The van der Waals surface area contributed by atoms with E-state index in [1.165, 1.54) is 6.07 Å². The molecule has 18 heteroatoms. The number of sulfonamides is 1. The summed E-state index contributed by atoms with van der Waals surface area (Å²) in [4.78, 5) is 78.0. The van der Waals surface area contributed by atoms with Gasteiger partial charge in [0.15, 0.2) is 0 Å². The number of carbonyl (C=O) groups excluding carboxylic acids is 5. The van der Waals surface area contributed by atoms with Crippen LogP contribution in [0.25, 0.3) is 10.8 Å². The minimum atomic E-state index is -4.20. The summed E-state index contributed by atoms with van der Waals surface area (Å²) in [7, 11) is -0.547. The van der Waals surface area contributed by atoms with Gasteiger partial charge >= 0.3 is 5.97 Å². The number of carboxylic acids is 1. The first-order valence-electron chi connectivity index (χ1n) is 16.3. The highest BCUT2D eigenvalue weighted by Gasteiger charge is 2.34. The van der Waals surface area contributed by atoms with Gasteiger partial charge in [0.1, 0.15) is 24.2 Å². The van der Waals surface area contributed by atoms with Crippen LogP contribution in [0, 0.1) is 11.8 Å². The van der Waals surface area contributed by atoms with Crippen LogP contribution >= 0.6 is 12.6 Å². The quantitative estimate of drug-likeness (QED) is 0.0849. The van der Waals surface area contributed by atoms with Crippen LogP contribution in [-0.2, 0) is 38.8 Å². The second kappa shape index (κ2) is 19.3. The number of nitrogens with one attached hydrogen (secondary N) is 5. The first kappa shape index (κ1) is 42.7. The van der Waals surface area contributed by atoms with Gasteiger partial charge in [0.25, 0.3) is 0 Å². The van der Waals surface area contributed by atoms with Crippen LogP contribution in [0.15, 0.2) is 41.3 Å². The standard InChI is InChI=1S/C33H49N7O9S2/c1-7-19(4)29(32(45)38-23(33(46)47)14-18(2)3)39-30(43)22(15-27(34)41)37-31(44)24(17-50)36-28(42)16-35-51(48,49)26-13-9-10-20-21(26)11-8-12-25(20)40(5)6/h8-13,18-19,22-24,29,35,50H,7,14-17H2,1-6H3,(H2,34,41)(H,36,42)(H,37,44)(H,38,45)(H,39,43)(H,46,47)/t19-,22-,23-,24-,29-/m0/s1. The lowest BCUT2D eigenvalue weighted by Gasteiger charge is -2.28. The van der Waals surface area contributed by atoms with Crippen molar-refractivity contribution in [1.82, 2.24) is 26.0 Å². The van der Waals surface area contributed by atoms with Crippen LogP contribution in [0.4, 0.5) is 5.69 Å². The number of carboxylic acid groups (broad SMARTS) is 1. The van der Waals surface area contributed by atoms with E-state index in [0.717, 1.165) is 5.69 Å². The van der Waals surface area contributed by atoms with Gasteiger partial charge in [0.2, 0.25) is 39.6 Å². The number of amides is 5. The average molecular weight is 752 g/mol. The molecule has 282 valence electrons. The lowest BCUT2D eigenvalue weighted by molar-refractivity contribution is -0.143. The number of hydrogen-bond acceptors (Lipinski definition) is 10. The molecular weight excluding hydrogens is 703 g/mol. The van der Waals surface area contributed by atoms with Gasteiger partial charge in [0, 0.05) is 36.3 Å². The van der Waals surface area contributed by atoms with E-state index in [4.69, 9.17) is 5.73 Å². The number of fused-ring (bicyclic) bond motifs is 1. The summed E-state index contributed by atoms with van der Waals surface area (Å²) < 4.78 is 28.7. The van der Waals surface area contributed by atoms with Crippen molar-refractivity contribution < 1.29 is 42.3 Å². The number of benzene rings is 2. The maximum Gasteiger partial charge on any atom is 0.326 e. The van der Waals surface area contributed by atoms with Crippen LogP contribution in [-0.4, -0.2) is 99.6 Å². The van der Waals surface area contributed by atoms with Gasteiger partial charge in [-0.15, -0.1) is 0 Å². The van der Waals surface area contributed by atoms with E-state index >= 15 is 0 Å². The van der Waals surface area contributed by atoms with E-state index in [2.05, 4.69) is 38.6 Å². The second-order valence-corrected chi connectivity index (χ2v) is 14.9. The van der Waals surface area contributed by atoms with E-state index in [-0.39, 0.29) is 23.0 Å². The third-order valence-corrected chi connectivity index (χ3v) is 9.87. The number of rotatable bonds is 20. The van der Waals surface area contributed by atoms with E-state index in [9.17, 15) is 42.3 Å². The number of carbonyl (C=O) groups is 6. The van der Waals surface area contributed by atoms with Crippen LogP contribution in [0.2, 0.25) is 0 Å². The van der Waals surface area contributed by atoms with Gasteiger partial charge in [-0.2, -0.15) is 12.6 Å². The Balaban J connectivity index is 2.17. The molecule has 0 saturated carbocycles. The highest BCUT2D eigenvalue weighted by Crippen LogP contribution is 2.30. The Labute approximate surface area is 303 Å². The number of hydrogen-bond donors (Lipinski definition) is 8. The molecule has 8 N–H and O–H groups in total. The molecule has 0 bridgehead atoms. The van der Waals surface area contributed by atoms with Crippen molar-refractivity contribution in [2.45, 2.75) is 76.0 Å². The predicted molar refractivity (Wildman–Crippen MR) is 195 cm³/mol. The van der Waals surface area contributed by atoms with Crippen molar-refractivity contribution in [2.24, 2.45) is 17.6 Å². The molecule has 0 aliphatic rings. The molecule has 2 aromatic carbocycles. The molecule has 2 rings (SSSR count). The zero-order valence-electron chi connectivity index (χ0n) is 29.6. The Hall–Kier alpha value is -4.42. The molecular formula is C33H49N7O9S2. The first-order chi connectivity index (χ1) is 23.8. The van der Waals surface area contributed by atoms with E-state index in [0.29, 0.717) is 17.2 Å². The molecule has 51 heavy (non-hydrogen) atoms. The summed E-state index contributed by atoms with van der Waals surface area (Å²) >= 11 is 4.10. The van der Waals surface area contributed by atoms with Gasteiger partial charge in [-0.1, -0.05) is 58.4 Å². The van der Waals surface area contributed by atoms with Crippen LogP contribution < -0.4 is 36.6 Å². The fourth-order valence-corrected chi connectivity index (χ4v) is 6.62. The van der Waals surface area contributed by atoms with Crippen LogP contribution in [0.1, 0.15) is 47.0 Å². The second-order valence-electron chi connectivity index (χ2n) is 12.8. The topological polar surface area (TPSA) is 246 Å². The molecule has 2 aromatic rings. The Morgan fingerprint density at radius 1 is 0.843 bits per heavy atom. The minimum Gasteiger partial charge on any atom is -0.480 e. The van der Waals surface area contributed by atoms with Gasteiger partial charge in [-0.05, 0) is 30.4 Å².